The molecular formula is C19H17F4NO4. The molecule has 9 heteroatoms. The predicted molar refractivity (Wildman–Crippen MR) is 89.9 cm³/mol. The van der Waals surface area contributed by atoms with Crippen molar-refractivity contribution < 1.29 is 36.9 Å². The predicted octanol–water partition coefficient (Wildman–Crippen LogP) is 3.45. The van der Waals surface area contributed by atoms with Crippen LogP contribution in [0.25, 0.3) is 0 Å². The van der Waals surface area contributed by atoms with E-state index >= 15 is 0 Å². The number of halogens is 4. The monoisotopic (exact) mass is 399 g/mol. The molecule has 0 aliphatic carbocycles. The molecule has 150 valence electrons. The molecule has 1 N–H and O–H groups in total. The number of aliphatic carboxylic acids is 1. The van der Waals surface area contributed by atoms with Gasteiger partial charge in [0.15, 0.2) is 11.6 Å². The fourth-order valence-corrected chi connectivity index (χ4v) is 3.31. The molecular weight excluding hydrogens is 382 g/mol. The number of carboxylic acids is 1. The van der Waals surface area contributed by atoms with E-state index in [0.29, 0.717) is 6.07 Å². The summed E-state index contributed by atoms with van der Waals surface area (Å²) in [5, 5.41) is 9.64. The lowest BCUT2D eigenvalue weighted by Gasteiger charge is -2.37. The molecule has 2 unspecified atom stereocenters. The first-order valence-electron chi connectivity index (χ1n) is 8.38. The molecule has 0 spiro atoms. The first-order valence-corrected chi connectivity index (χ1v) is 8.38. The van der Waals surface area contributed by atoms with Crippen LogP contribution in [0.3, 0.4) is 0 Å². The van der Waals surface area contributed by atoms with Gasteiger partial charge in [-0.1, -0.05) is 6.07 Å². The van der Waals surface area contributed by atoms with Gasteiger partial charge in [0, 0.05) is 25.2 Å². The van der Waals surface area contributed by atoms with Gasteiger partial charge in [0.2, 0.25) is 0 Å². The van der Waals surface area contributed by atoms with E-state index in [1.807, 2.05) is 0 Å². The molecule has 3 rings (SSSR count). The minimum Gasteiger partial charge on any atom is -0.496 e. The van der Waals surface area contributed by atoms with Gasteiger partial charge in [-0.25, -0.2) is 17.6 Å². The van der Waals surface area contributed by atoms with Crippen molar-refractivity contribution in [2.75, 3.05) is 26.8 Å². The van der Waals surface area contributed by atoms with E-state index < -0.39 is 41.4 Å². The van der Waals surface area contributed by atoms with Gasteiger partial charge < -0.3 is 14.6 Å². The van der Waals surface area contributed by atoms with Crippen molar-refractivity contribution in [1.82, 2.24) is 4.90 Å². The summed E-state index contributed by atoms with van der Waals surface area (Å²) in [4.78, 5) is 13.3. The molecule has 0 bridgehead atoms. The van der Waals surface area contributed by atoms with Crippen LogP contribution < -0.4 is 4.74 Å². The molecule has 1 aliphatic heterocycles. The van der Waals surface area contributed by atoms with Gasteiger partial charge in [-0.15, -0.1) is 0 Å². The van der Waals surface area contributed by atoms with Gasteiger partial charge in [-0.05, 0) is 17.7 Å². The molecule has 1 aliphatic rings. The Morgan fingerprint density at radius 2 is 1.93 bits per heavy atom. The molecule has 28 heavy (non-hydrogen) atoms. The molecule has 0 saturated carbocycles. The maximum Gasteiger partial charge on any atom is 0.325 e. The molecule has 0 aromatic heterocycles. The highest BCUT2D eigenvalue weighted by atomic mass is 19.2. The van der Waals surface area contributed by atoms with Gasteiger partial charge in [0.1, 0.15) is 29.5 Å². The number of rotatable bonds is 5. The summed E-state index contributed by atoms with van der Waals surface area (Å²) in [6, 6.07) is 3.24. The molecule has 1 saturated heterocycles. The van der Waals surface area contributed by atoms with Crippen molar-refractivity contribution in [2.45, 2.75) is 12.1 Å². The van der Waals surface area contributed by atoms with Gasteiger partial charge in [0.05, 0.1) is 19.3 Å². The normalized spacial score (nSPS) is 18.7. The van der Waals surface area contributed by atoms with E-state index in [1.54, 1.807) is 0 Å². The number of methoxy groups -OCH3 is 1. The number of carboxylic acid groups (broad SMARTS) is 1. The summed E-state index contributed by atoms with van der Waals surface area (Å²) in [5.74, 6) is -5.31. The van der Waals surface area contributed by atoms with E-state index in [0.717, 1.165) is 18.2 Å². The zero-order valence-corrected chi connectivity index (χ0v) is 14.8. The highest BCUT2D eigenvalue weighted by Crippen LogP contribution is 2.36. The highest BCUT2D eigenvalue weighted by molar-refractivity contribution is 5.75. The molecule has 2 aromatic rings. The fourth-order valence-electron chi connectivity index (χ4n) is 3.31. The van der Waals surface area contributed by atoms with Crippen molar-refractivity contribution in [2.24, 2.45) is 0 Å². The van der Waals surface area contributed by atoms with Crippen LogP contribution in [0.2, 0.25) is 0 Å². The zero-order chi connectivity index (χ0) is 20.4. The Labute approximate surface area is 158 Å². The number of morpholine rings is 1. The number of nitrogens with zero attached hydrogens (tertiary/aromatic N) is 1. The Bertz CT molecular complexity index is 892. The summed E-state index contributed by atoms with van der Waals surface area (Å²) in [6.07, 6.45) is -0.934. The number of carbonyl (C=O) groups is 1. The second-order valence-electron chi connectivity index (χ2n) is 6.27. The van der Waals surface area contributed by atoms with Crippen molar-refractivity contribution in [3.05, 3.63) is 64.7 Å². The Balaban J connectivity index is 1.93. The minimum absolute atomic E-state index is 0.0389. The number of ether oxygens (including phenoxy) is 2. The second-order valence-corrected chi connectivity index (χ2v) is 6.27. The smallest absolute Gasteiger partial charge is 0.325 e. The summed E-state index contributed by atoms with van der Waals surface area (Å²) in [7, 11) is 1.25. The van der Waals surface area contributed by atoms with E-state index in [2.05, 4.69) is 0 Å². The van der Waals surface area contributed by atoms with E-state index in [-0.39, 0.29) is 36.6 Å². The summed E-state index contributed by atoms with van der Waals surface area (Å²) < 4.78 is 65.2. The lowest BCUT2D eigenvalue weighted by atomic mass is 10.0. The Morgan fingerprint density at radius 3 is 2.57 bits per heavy atom. The van der Waals surface area contributed by atoms with Gasteiger partial charge >= 0.3 is 5.97 Å². The summed E-state index contributed by atoms with van der Waals surface area (Å²) in [6.45, 7) is 0.143. The third-order valence-electron chi connectivity index (χ3n) is 4.55. The quantitative estimate of drug-likeness (QED) is 0.781. The first kappa shape index (κ1) is 20.1. The van der Waals surface area contributed by atoms with E-state index in [1.165, 1.54) is 18.1 Å². The van der Waals surface area contributed by atoms with Crippen molar-refractivity contribution in [3.63, 3.8) is 0 Å². The minimum atomic E-state index is -1.30. The third-order valence-corrected chi connectivity index (χ3v) is 4.55. The van der Waals surface area contributed by atoms with Crippen LogP contribution in [-0.4, -0.2) is 42.8 Å². The largest absolute Gasteiger partial charge is 0.496 e. The average molecular weight is 399 g/mol. The summed E-state index contributed by atoms with van der Waals surface area (Å²) in [5.41, 5.74) is 0.00150. The van der Waals surface area contributed by atoms with Crippen LogP contribution in [0.15, 0.2) is 30.3 Å². The molecule has 0 radical (unpaired) electrons. The van der Waals surface area contributed by atoms with Crippen LogP contribution in [0.4, 0.5) is 17.6 Å². The van der Waals surface area contributed by atoms with Gasteiger partial charge in [-0.3, -0.25) is 9.69 Å². The maximum absolute atomic E-state index is 14.4. The average Bonchev–Trinajstić information content (AvgIpc) is 2.64. The molecule has 2 aromatic carbocycles. The highest BCUT2D eigenvalue weighted by Gasteiger charge is 2.35. The summed E-state index contributed by atoms with van der Waals surface area (Å²) >= 11 is 0. The number of benzene rings is 2. The topological polar surface area (TPSA) is 59.0 Å². The Hall–Kier alpha value is -2.65. The SMILES string of the molecule is COc1cc(F)cc(F)c1C1CN(C(C(=O)O)c2ccc(F)c(F)c2)CCO1. The molecule has 5 nitrogen and oxygen atoms in total. The van der Waals surface area contributed by atoms with Crippen molar-refractivity contribution >= 4 is 5.97 Å². The standard InChI is InChI=1S/C19H17F4NO4/c1-27-15-8-11(20)7-14(23)17(15)16-9-24(4-5-28-16)18(19(25)26)10-2-3-12(21)13(22)6-10/h2-3,6-8,16,18H,4-5,9H2,1H3,(H,25,26). The lowest BCUT2D eigenvalue weighted by molar-refractivity contribution is -0.147. The first-order chi connectivity index (χ1) is 13.3. The number of hydrogen-bond acceptors (Lipinski definition) is 4. The molecule has 0 amide bonds. The van der Waals surface area contributed by atoms with E-state index in [9.17, 15) is 27.5 Å². The van der Waals surface area contributed by atoms with E-state index in [4.69, 9.17) is 9.47 Å². The van der Waals surface area contributed by atoms with Crippen molar-refractivity contribution in [3.8, 4) is 5.75 Å². The third kappa shape index (κ3) is 3.95. The van der Waals surface area contributed by atoms with Gasteiger partial charge in [0.25, 0.3) is 0 Å². The Kier molecular flexibility index (Phi) is 5.85. The lowest BCUT2D eigenvalue weighted by Crippen LogP contribution is -2.43. The van der Waals surface area contributed by atoms with Crippen LogP contribution in [0.1, 0.15) is 23.3 Å². The van der Waals surface area contributed by atoms with Crippen molar-refractivity contribution in [1.29, 1.82) is 0 Å². The maximum atomic E-state index is 14.4. The Morgan fingerprint density at radius 1 is 1.18 bits per heavy atom. The van der Waals surface area contributed by atoms with Gasteiger partial charge in [-0.2, -0.15) is 0 Å². The van der Waals surface area contributed by atoms with Crippen LogP contribution >= 0.6 is 0 Å². The second kappa shape index (κ2) is 8.15. The fraction of sp³-hybridized carbons (Fsp3) is 0.316. The number of hydrogen-bond donors (Lipinski definition) is 1. The van der Waals surface area contributed by atoms with Crippen LogP contribution in [0.5, 0.6) is 5.75 Å². The molecule has 2 atom stereocenters. The zero-order valence-electron chi connectivity index (χ0n) is 14.8. The van der Waals surface area contributed by atoms with Crippen LogP contribution in [0, 0.1) is 23.3 Å². The molecule has 1 heterocycles. The van der Waals surface area contributed by atoms with Crippen LogP contribution in [-0.2, 0) is 9.53 Å². The molecule has 1 fully saturated rings.